The lowest BCUT2D eigenvalue weighted by Gasteiger charge is -2.33. The van der Waals surface area contributed by atoms with E-state index in [2.05, 4.69) is 35.8 Å². The molecule has 0 radical (unpaired) electrons. The van der Waals surface area contributed by atoms with Crippen molar-refractivity contribution in [3.05, 3.63) is 29.8 Å². The summed E-state index contributed by atoms with van der Waals surface area (Å²) in [6.45, 7) is 6.65. The van der Waals surface area contributed by atoms with Crippen LogP contribution in [0, 0.1) is 5.92 Å². The summed E-state index contributed by atoms with van der Waals surface area (Å²) in [5.74, 6) is 0.408. The summed E-state index contributed by atoms with van der Waals surface area (Å²) in [6.07, 6.45) is 4.21. The van der Waals surface area contributed by atoms with Crippen LogP contribution in [-0.2, 0) is 11.3 Å². The molecule has 2 rings (SSSR count). The molecule has 1 heterocycles. The predicted molar refractivity (Wildman–Crippen MR) is 89.5 cm³/mol. The van der Waals surface area contributed by atoms with E-state index in [1.807, 2.05) is 18.7 Å². The van der Waals surface area contributed by atoms with Gasteiger partial charge in [0.2, 0.25) is 5.91 Å². The Labute approximate surface area is 132 Å². The first-order valence-electron chi connectivity index (χ1n) is 7.75. The van der Waals surface area contributed by atoms with Crippen molar-refractivity contribution < 1.29 is 4.79 Å². The van der Waals surface area contributed by atoms with Crippen molar-refractivity contribution >= 4 is 17.7 Å². The zero-order chi connectivity index (χ0) is 15.2. The molecule has 21 heavy (non-hydrogen) atoms. The number of nitrogens with zero attached hydrogens (tertiary/aromatic N) is 1. The zero-order valence-corrected chi connectivity index (χ0v) is 14.1. The summed E-state index contributed by atoms with van der Waals surface area (Å²) in [5, 5.41) is 3.62. The smallest absolute Gasteiger partial charge is 0.225 e. The Morgan fingerprint density at radius 1 is 1.29 bits per heavy atom. The number of hydrogen-bond donors (Lipinski definition) is 1. The minimum atomic E-state index is 0.115. The fourth-order valence-electron chi connectivity index (χ4n) is 2.67. The molecular weight excluding hydrogens is 280 g/mol. The Bertz CT molecular complexity index is 450. The number of nitrogens with one attached hydrogen (secondary N) is 1. The second kappa shape index (κ2) is 7.85. The van der Waals surface area contributed by atoms with Crippen LogP contribution in [0.1, 0.15) is 32.3 Å². The van der Waals surface area contributed by atoms with E-state index in [-0.39, 0.29) is 5.92 Å². The topological polar surface area (TPSA) is 32.3 Å². The minimum absolute atomic E-state index is 0.115. The van der Waals surface area contributed by atoms with E-state index >= 15 is 0 Å². The van der Waals surface area contributed by atoms with Gasteiger partial charge in [-0.1, -0.05) is 26.0 Å². The highest BCUT2D eigenvalue weighted by Crippen LogP contribution is 2.16. The number of piperidine rings is 1. The predicted octanol–water partition coefficient (Wildman–Crippen LogP) is 3.15. The van der Waals surface area contributed by atoms with Crippen LogP contribution < -0.4 is 5.32 Å². The molecule has 0 spiro atoms. The van der Waals surface area contributed by atoms with Gasteiger partial charge in [-0.15, -0.1) is 11.8 Å². The molecule has 1 aliphatic heterocycles. The van der Waals surface area contributed by atoms with Gasteiger partial charge in [0.05, 0.1) is 0 Å². The maximum atomic E-state index is 11.9. The van der Waals surface area contributed by atoms with Crippen LogP contribution in [0.5, 0.6) is 0 Å². The van der Waals surface area contributed by atoms with Crippen molar-refractivity contribution in [2.45, 2.75) is 44.2 Å². The van der Waals surface area contributed by atoms with Crippen LogP contribution >= 0.6 is 11.8 Å². The molecule has 0 atom stereocenters. The maximum Gasteiger partial charge on any atom is 0.225 e. The van der Waals surface area contributed by atoms with Crippen LogP contribution in [0.25, 0.3) is 0 Å². The van der Waals surface area contributed by atoms with Crippen LogP contribution in [-0.4, -0.2) is 36.2 Å². The van der Waals surface area contributed by atoms with E-state index in [4.69, 9.17) is 0 Å². The number of rotatable bonds is 5. The molecule has 1 fully saturated rings. The highest BCUT2D eigenvalue weighted by molar-refractivity contribution is 7.98. The Balaban J connectivity index is 1.74. The number of benzene rings is 1. The van der Waals surface area contributed by atoms with E-state index in [1.165, 1.54) is 10.5 Å². The van der Waals surface area contributed by atoms with Crippen LogP contribution in [0.2, 0.25) is 0 Å². The number of carbonyl (C=O) groups is 1. The van der Waals surface area contributed by atoms with Crippen molar-refractivity contribution in [1.29, 1.82) is 0 Å². The summed E-state index contributed by atoms with van der Waals surface area (Å²) >= 11 is 1.77. The van der Waals surface area contributed by atoms with Crippen molar-refractivity contribution in [3.63, 3.8) is 0 Å². The maximum absolute atomic E-state index is 11.9. The molecular formula is C17H26N2OS. The SMILES string of the molecule is CSc1ccc(CNC2CCN(C(=O)C(C)C)CC2)cc1. The first kappa shape index (κ1) is 16.4. The zero-order valence-electron chi connectivity index (χ0n) is 13.3. The minimum Gasteiger partial charge on any atom is -0.342 e. The Hall–Kier alpha value is -1.00. The monoisotopic (exact) mass is 306 g/mol. The molecule has 3 nitrogen and oxygen atoms in total. The average molecular weight is 306 g/mol. The lowest BCUT2D eigenvalue weighted by molar-refractivity contribution is -0.135. The molecule has 1 saturated heterocycles. The van der Waals surface area contributed by atoms with Crippen molar-refractivity contribution in [2.24, 2.45) is 5.92 Å². The first-order chi connectivity index (χ1) is 10.1. The van der Waals surface area contributed by atoms with Gasteiger partial charge in [-0.3, -0.25) is 4.79 Å². The molecule has 1 amide bonds. The molecule has 1 aliphatic rings. The van der Waals surface area contributed by atoms with Crippen LogP contribution in [0.3, 0.4) is 0 Å². The summed E-state index contributed by atoms with van der Waals surface area (Å²) in [4.78, 5) is 15.3. The number of hydrogen-bond acceptors (Lipinski definition) is 3. The molecule has 1 aromatic rings. The molecule has 0 bridgehead atoms. The van der Waals surface area contributed by atoms with Gasteiger partial charge in [0.15, 0.2) is 0 Å². The third-order valence-electron chi connectivity index (χ3n) is 4.05. The molecule has 1 N–H and O–H groups in total. The van der Waals surface area contributed by atoms with Gasteiger partial charge >= 0.3 is 0 Å². The summed E-state index contributed by atoms with van der Waals surface area (Å²) < 4.78 is 0. The molecule has 116 valence electrons. The quantitative estimate of drug-likeness (QED) is 0.848. The van der Waals surface area contributed by atoms with E-state index in [0.717, 1.165) is 32.5 Å². The van der Waals surface area contributed by atoms with Gasteiger partial charge in [-0.25, -0.2) is 0 Å². The summed E-state index contributed by atoms with van der Waals surface area (Å²) in [5.41, 5.74) is 1.33. The van der Waals surface area contributed by atoms with Crippen molar-refractivity contribution in [1.82, 2.24) is 10.2 Å². The number of carbonyl (C=O) groups excluding carboxylic acids is 1. The summed E-state index contributed by atoms with van der Waals surface area (Å²) in [6, 6.07) is 9.25. The molecule has 4 heteroatoms. The van der Waals surface area contributed by atoms with Gasteiger partial charge in [-0.05, 0) is 36.8 Å². The fraction of sp³-hybridized carbons (Fsp3) is 0.588. The molecule has 1 aromatic carbocycles. The first-order valence-corrected chi connectivity index (χ1v) is 8.97. The van der Waals surface area contributed by atoms with Crippen LogP contribution in [0.4, 0.5) is 0 Å². The molecule has 0 aromatic heterocycles. The Morgan fingerprint density at radius 2 is 1.90 bits per heavy atom. The lowest BCUT2D eigenvalue weighted by atomic mass is 10.0. The third-order valence-corrected chi connectivity index (χ3v) is 4.80. The van der Waals surface area contributed by atoms with E-state index in [0.29, 0.717) is 11.9 Å². The standard InChI is InChI=1S/C17H26N2OS/c1-13(2)17(20)19-10-8-15(9-11-19)18-12-14-4-6-16(21-3)7-5-14/h4-7,13,15,18H,8-12H2,1-3H3. The number of thioether (sulfide) groups is 1. The van der Waals surface area contributed by atoms with Crippen LogP contribution in [0.15, 0.2) is 29.2 Å². The molecule has 0 unspecified atom stereocenters. The molecule has 0 saturated carbocycles. The second-order valence-electron chi connectivity index (χ2n) is 5.98. The Kier molecular flexibility index (Phi) is 6.12. The van der Waals surface area contributed by atoms with Gasteiger partial charge in [-0.2, -0.15) is 0 Å². The summed E-state index contributed by atoms with van der Waals surface area (Å²) in [7, 11) is 0. The van der Waals surface area contributed by atoms with E-state index < -0.39 is 0 Å². The van der Waals surface area contributed by atoms with Crippen molar-refractivity contribution in [2.75, 3.05) is 19.3 Å². The van der Waals surface area contributed by atoms with Gasteiger partial charge < -0.3 is 10.2 Å². The largest absolute Gasteiger partial charge is 0.342 e. The van der Waals surface area contributed by atoms with Gasteiger partial charge in [0, 0.05) is 36.5 Å². The number of likely N-dealkylation sites (tertiary alicyclic amines) is 1. The second-order valence-corrected chi connectivity index (χ2v) is 6.86. The number of amides is 1. The molecule has 0 aliphatic carbocycles. The third kappa shape index (κ3) is 4.75. The highest BCUT2D eigenvalue weighted by Gasteiger charge is 2.23. The fourth-order valence-corrected chi connectivity index (χ4v) is 3.08. The van der Waals surface area contributed by atoms with E-state index in [1.54, 1.807) is 11.8 Å². The average Bonchev–Trinajstić information content (AvgIpc) is 2.53. The lowest BCUT2D eigenvalue weighted by Crippen LogP contribution is -2.45. The Morgan fingerprint density at radius 3 is 2.43 bits per heavy atom. The normalized spacial score (nSPS) is 16.5. The van der Waals surface area contributed by atoms with Crippen molar-refractivity contribution in [3.8, 4) is 0 Å². The highest BCUT2D eigenvalue weighted by atomic mass is 32.2. The van der Waals surface area contributed by atoms with Gasteiger partial charge in [0.1, 0.15) is 0 Å². The van der Waals surface area contributed by atoms with Gasteiger partial charge in [0.25, 0.3) is 0 Å². The van der Waals surface area contributed by atoms with E-state index in [9.17, 15) is 4.79 Å².